The van der Waals surface area contributed by atoms with E-state index in [-0.39, 0.29) is 25.7 Å². The molecule has 0 bridgehead atoms. The Hall–Kier alpha value is -1.94. The van der Waals surface area contributed by atoms with E-state index in [0.29, 0.717) is 31.6 Å². The molecule has 0 aliphatic carbocycles. The summed E-state index contributed by atoms with van der Waals surface area (Å²) in [5.41, 5.74) is 0. The minimum atomic E-state index is -4.97. The fourth-order valence-corrected chi connectivity index (χ4v) is 15.5. The van der Waals surface area contributed by atoms with Gasteiger partial charge in [-0.3, -0.25) is 37.3 Å². The molecule has 0 radical (unpaired) electrons. The molecule has 6 atom stereocenters. The van der Waals surface area contributed by atoms with Gasteiger partial charge in [0.15, 0.2) is 12.2 Å². The van der Waals surface area contributed by atoms with Crippen molar-refractivity contribution in [3.05, 3.63) is 0 Å². The molecule has 3 unspecified atom stereocenters. The van der Waals surface area contributed by atoms with E-state index in [1.807, 2.05) is 0 Å². The number of carbonyl (C=O) groups is 4. The van der Waals surface area contributed by atoms with Gasteiger partial charge in [0.05, 0.1) is 26.4 Å². The summed E-state index contributed by atoms with van der Waals surface area (Å²) in [4.78, 5) is 73.3. The highest BCUT2D eigenvalue weighted by molar-refractivity contribution is 7.47. The first-order valence-electron chi connectivity index (χ1n) is 46.0. The van der Waals surface area contributed by atoms with Crippen LogP contribution in [0, 0.1) is 11.8 Å². The molecule has 0 amide bonds. The summed E-state index contributed by atoms with van der Waals surface area (Å²) in [6, 6.07) is 0. The number of aliphatic hydroxyl groups is 1. The van der Waals surface area contributed by atoms with Crippen molar-refractivity contribution in [1.82, 2.24) is 0 Å². The number of ether oxygens (including phenoxy) is 4. The summed E-state index contributed by atoms with van der Waals surface area (Å²) in [6.45, 7) is 9.69. The number of esters is 4. The van der Waals surface area contributed by atoms with Crippen molar-refractivity contribution in [2.75, 3.05) is 39.6 Å². The molecular formula is C89H174O17P2. The largest absolute Gasteiger partial charge is 0.472 e. The highest BCUT2D eigenvalue weighted by Crippen LogP contribution is 2.45. The van der Waals surface area contributed by atoms with Gasteiger partial charge in [-0.2, -0.15) is 0 Å². The number of aliphatic hydroxyl groups excluding tert-OH is 1. The fraction of sp³-hybridized carbons (Fsp3) is 0.955. The number of unbranched alkanes of at least 4 members (excludes halogenated alkanes) is 57. The average Bonchev–Trinajstić information content (AvgIpc) is 0.901. The number of rotatable bonds is 88. The van der Waals surface area contributed by atoms with E-state index in [4.69, 9.17) is 37.0 Å². The maximum atomic E-state index is 13.2. The van der Waals surface area contributed by atoms with Gasteiger partial charge in [0.25, 0.3) is 0 Å². The molecule has 0 aliphatic heterocycles. The lowest BCUT2D eigenvalue weighted by Crippen LogP contribution is -2.30. The van der Waals surface area contributed by atoms with Gasteiger partial charge in [0, 0.05) is 25.7 Å². The first kappa shape index (κ1) is 106. The van der Waals surface area contributed by atoms with Gasteiger partial charge < -0.3 is 33.8 Å². The summed E-state index contributed by atoms with van der Waals surface area (Å²) in [6.07, 6.45) is 73.8. The van der Waals surface area contributed by atoms with Crippen LogP contribution in [0.15, 0.2) is 0 Å². The zero-order valence-electron chi connectivity index (χ0n) is 71.2. The van der Waals surface area contributed by atoms with Gasteiger partial charge in [-0.05, 0) is 37.5 Å². The highest BCUT2D eigenvalue weighted by Gasteiger charge is 2.31. The summed E-state index contributed by atoms with van der Waals surface area (Å²) >= 11 is 0. The van der Waals surface area contributed by atoms with Crippen LogP contribution in [-0.4, -0.2) is 96.7 Å². The van der Waals surface area contributed by atoms with E-state index in [1.54, 1.807) is 0 Å². The number of hydrogen-bond donors (Lipinski definition) is 3. The molecule has 3 N–H and O–H groups in total. The Morgan fingerprint density at radius 1 is 0.269 bits per heavy atom. The molecule has 0 aromatic heterocycles. The summed E-state index contributed by atoms with van der Waals surface area (Å²) in [7, 11) is -9.93. The molecular weight excluding hydrogens is 1400 g/mol. The van der Waals surface area contributed by atoms with Crippen LogP contribution in [0.5, 0.6) is 0 Å². The van der Waals surface area contributed by atoms with E-state index in [9.17, 15) is 43.2 Å². The lowest BCUT2D eigenvalue weighted by Gasteiger charge is -2.21. The van der Waals surface area contributed by atoms with Crippen molar-refractivity contribution in [3.63, 3.8) is 0 Å². The van der Waals surface area contributed by atoms with E-state index in [0.717, 1.165) is 102 Å². The van der Waals surface area contributed by atoms with E-state index in [2.05, 4.69) is 41.5 Å². The molecule has 0 saturated heterocycles. The predicted molar refractivity (Wildman–Crippen MR) is 446 cm³/mol. The second kappa shape index (κ2) is 80.3. The first-order valence-corrected chi connectivity index (χ1v) is 49.0. The van der Waals surface area contributed by atoms with Crippen LogP contribution in [-0.2, 0) is 65.4 Å². The van der Waals surface area contributed by atoms with Crippen molar-refractivity contribution in [2.24, 2.45) is 11.8 Å². The molecule has 0 heterocycles. The van der Waals surface area contributed by atoms with Gasteiger partial charge in [0.2, 0.25) is 0 Å². The third-order valence-electron chi connectivity index (χ3n) is 21.3. The molecule has 108 heavy (non-hydrogen) atoms. The summed E-state index contributed by atoms with van der Waals surface area (Å²) in [5, 5.41) is 10.7. The predicted octanol–water partition coefficient (Wildman–Crippen LogP) is 27.4. The molecule has 17 nitrogen and oxygen atoms in total. The SMILES string of the molecule is CCCCCCCCCCCCCCCCCCCCCCC(=O)OC[C@H](COP(=O)(O)OC[C@@H](O)COP(=O)(O)OC[C@@H](COC(=O)CCCCCCCCCC(C)C)OC(=O)CCCCCCCCCCCCCCCCC(C)CC)OC(=O)CCCCCCCCCCCCCCCCCCCCCC. The molecule has 0 saturated carbocycles. The minimum Gasteiger partial charge on any atom is -0.462 e. The average molecular weight is 1580 g/mol. The van der Waals surface area contributed by atoms with Crippen molar-refractivity contribution >= 4 is 39.5 Å². The van der Waals surface area contributed by atoms with Crippen LogP contribution < -0.4 is 0 Å². The van der Waals surface area contributed by atoms with Crippen LogP contribution in [0.25, 0.3) is 0 Å². The number of phosphoric acid groups is 2. The molecule has 0 fully saturated rings. The van der Waals surface area contributed by atoms with Crippen molar-refractivity contribution < 1.29 is 80.2 Å². The van der Waals surface area contributed by atoms with Gasteiger partial charge in [-0.1, -0.05) is 427 Å². The van der Waals surface area contributed by atoms with Crippen LogP contribution in [0.1, 0.15) is 478 Å². The monoisotopic (exact) mass is 1580 g/mol. The second-order valence-corrected chi connectivity index (χ2v) is 35.6. The maximum absolute atomic E-state index is 13.2. The fourth-order valence-electron chi connectivity index (χ4n) is 13.9. The van der Waals surface area contributed by atoms with Gasteiger partial charge in [-0.15, -0.1) is 0 Å². The summed E-state index contributed by atoms with van der Waals surface area (Å²) in [5.74, 6) is -0.550. The second-order valence-electron chi connectivity index (χ2n) is 32.7. The molecule has 642 valence electrons. The minimum absolute atomic E-state index is 0.107. The standard InChI is InChI=1S/C89H174O17P2/c1-7-10-12-14-16-18-20-22-24-26-28-30-32-34-39-43-47-53-59-65-71-86(91)99-77-84(105-88(93)73-67-61-54-48-44-40-35-33-31-29-27-25-23-21-19-17-15-13-11-8-2)79-103-107(95,96)101-75-83(90)76-102-108(97,98)104-80-85(78-100-87(92)72-66-60-56-50-51-57-63-69-81(4)5)106-89(94)74-68-62-55-49-45-41-37-36-38-42-46-52-58-64-70-82(6)9-3/h81-85,90H,7-80H2,1-6H3,(H,95,96)(H,97,98)/t82?,83-,84-,85-/m1/s1. The Morgan fingerprint density at radius 2 is 0.472 bits per heavy atom. The molecule has 0 aliphatic rings. The van der Waals surface area contributed by atoms with Crippen molar-refractivity contribution in [1.29, 1.82) is 0 Å². The molecule has 19 heteroatoms. The van der Waals surface area contributed by atoms with Crippen LogP contribution in [0.3, 0.4) is 0 Å². The Morgan fingerprint density at radius 3 is 0.704 bits per heavy atom. The zero-order chi connectivity index (χ0) is 79.2. The van der Waals surface area contributed by atoms with Crippen molar-refractivity contribution in [3.8, 4) is 0 Å². The molecule has 0 rings (SSSR count). The van der Waals surface area contributed by atoms with E-state index >= 15 is 0 Å². The number of hydrogen-bond acceptors (Lipinski definition) is 15. The zero-order valence-corrected chi connectivity index (χ0v) is 73.0. The quantitative estimate of drug-likeness (QED) is 0.0222. The highest BCUT2D eigenvalue weighted by atomic mass is 31.2. The van der Waals surface area contributed by atoms with Crippen LogP contribution in [0.2, 0.25) is 0 Å². The Balaban J connectivity index is 5.22. The maximum Gasteiger partial charge on any atom is 0.472 e. The first-order chi connectivity index (χ1) is 52.4. The van der Waals surface area contributed by atoms with Crippen LogP contribution >= 0.6 is 15.6 Å². The normalized spacial score (nSPS) is 14.0. The van der Waals surface area contributed by atoms with E-state index in [1.165, 1.54) is 289 Å². The molecule has 0 aromatic rings. The Labute approximate surface area is 664 Å². The Kier molecular flexibility index (Phi) is 78.8. The lowest BCUT2D eigenvalue weighted by molar-refractivity contribution is -0.161. The smallest absolute Gasteiger partial charge is 0.462 e. The topological polar surface area (TPSA) is 237 Å². The van der Waals surface area contributed by atoms with Crippen LogP contribution in [0.4, 0.5) is 0 Å². The molecule has 0 spiro atoms. The van der Waals surface area contributed by atoms with Gasteiger partial charge in [-0.25, -0.2) is 9.13 Å². The summed E-state index contributed by atoms with van der Waals surface area (Å²) < 4.78 is 69.0. The molecule has 0 aromatic carbocycles. The third kappa shape index (κ3) is 80.7. The van der Waals surface area contributed by atoms with Gasteiger partial charge in [0.1, 0.15) is 19.3 Å². The third-order valence-corrected chi connectivity index (χ3v) is 23.2. The Bertz CT molecular complexity index is 2070. The number of carbonyl (C=O) groups excluding carboxylic acids is 4. The van der Waals surface area contributed by atoms with Gasteiger partial charge >= 0.3 is 39.5 Å². The number of phosphoric ester groups is 2. The van der Waals surface area contributed by atoms with Crippen molar-refractivity contribution in [2.45, 2.75) is 496 Å². The van der Waals surface area contributed by atoms with E-state index < -0.39 is 97.5 Å². The lowest BCUT2D eigenvalue weighted by atomic mass is 9.99.